The zero-order valence-corrected chi connectivity index (χ0v) is 49.5. The van der Waals surface area contributed by atoms with Gasteiger partial charge in [0.15, 0.2) is 6.10 Å². The molecule has 1 unspecified atom stereocenters. The Kier molecular flexibility index (Phi) is 61.9. The van der Waals surface area contributed by atoms with Crippen LogP contribution in [0.4, 0.5) is 0 Å². The van der Waals surface area contributed by atoms with E-state index in [9.17, 15) is 14.7 Å². The Balaban J connectivity index is 3.50. The topological polar surface area (TPSA) is 72.8 Å². The summed E-state index contributed by atoms with van der Waals surface area (Å²) in [4.78, 5) is 24.6. The number of unbranched alkanes of at least 4 members (excludes halogenated alkanes) is 27. The van der Waals surface area contributed by atoms with Gasteiger partial charge in [-0.15, -0.1) is 0 Å². The van der Waals surface area contributed by atoms with Gasteiger partial charge in [0.05, 0.1) is 6.61 Å². The van der Waals surface area contributed by atoms with Gasteiger partial charge in [0.2, 0.25) is 0 Å². The average Bonchev–Trinajstić information content (AvgIpc) is 3.42. The Morgan fingerprint density at radius 3 is 0.789 bits per heavy atom. The standard InChI is InChI=1S/C71H118O5/c1-3-5-7-9-11-13-15-17-19-21-23-25-27-29-31-33-34-35-36-38-39-41-43-45-47-49-51-53-55-57-59-61-63-65-70(73)75-68-69(67-72)76-71(74)66-64-62-60-58-56-54-52-50-48-46-44-42-40-37-32-30-28-26-24-22-20-18-16-14-12-10-8-6-4-2/h5-8,11-14,17-20,23-26,29-32,40,42,69,72H,3-4,9-10,15-16,21-22,27-28,33-39,41,43-68H2,1-2H3/b7-5-,8-6-,13-11-,14-12-,19-17-,20-18-,25-23-,26-24-,31-29-,32-30-,42-40-. The monoisotopic (exact) mass is 1050 g/mol. The molecule has 0 aliphatic heterocycles. The summed E-state index contributed by atoms with van der Waals surface area (Å²) < 4.78 is 10.7. The number of allylic oxidation sites excluding steroid dienone is 22. The van der Waals surface area contributed by atoms with Crippen LogP contribution in [0.15, 0.2) is 134 Å². The van der Waals surface area contributed by atoms with E-state index in [0.717, 1.165) is 109 Å². The largest absolute Gasteiger partial charge is 0.462 e. The number of rotatable bonds is 57. The Hall–Kier alpha value is -3.96. The molecule has 0 rings (SSSR count). The summed E-state index contributed by atoms with van der Waals surface area (Å²) in [5.74, 6) is -0.594. The molecular weight excluding hydrogens is 933 g/mol. The van der Waals surface area contributed by atoms with E-state index in [1.165, 1.54) is 148 Å². The Morgan fingerprint density at radius 2 is 0.526 bits per heavy atom. The first kappa shape index (κ1) is 72.0. The van der Waals surface area contributed by atoms with Crippen LogP contribution in [0.3, 0.4) is 0 Å². The van der Waals surface area contributed by atoms with Crippen molar-refractivity contribution in [2.24, 2.45) is 0 Å². The molecule has 1 atom stereocenters. The predicted octanol–water partition coefficient (Wildman–Crippen LogP) is 22.0. The highest BCUT2D eigenvalue weighted by Crippen LogP contribution is 2.16. The van der Waals surface area contributed by atoms with Crippen molar-refractivity contribution in [2.45, 2.75) is 290 Å². The average molecular weight is 1050 g/mol. The van der Waals surface area contributed by atoms with Crippen molar-refractivity contribution in [3.8, 4) is 0 Å². The fraction of sp³-hybridized carbons (Fsp3) is 0.662. The van der Waals surface area contributed by atoms with E-state index >= 15 is 0 Å². The summed E-state index contributed by atoms with van der Waals surface area (Å²) in [5.41, 5.74) is 0. The van der Waals surface area contributed by atoms with E-state index < -0.39 is 6.10 Å². The Labute approximate surface area is 470 Å². The second-order valence-electron chi connectivity index (χ2n) is 20.7. The van der Waals surface area contributed by atoms with Gasteiger partial charge in [-0.25, -0.2) is 0 Å². The third kappa shape index (κ3) is 62.6. The number of hydrogen-bond donors (Lipinski definition) is 1. The molecule has 0 aromatic heterocycles. The van der Waals surface area contributed by atoms with E-state index in [1.54, 1.807) is 0 Å². The summed E-state index contributed by atoms with van der Waals surface area (Å²) in [6.45, 7) is 3.92. The van der Waals surface area contributed by atoms with Gasteiger partial charge in [-0.1, -0.05) is 295 Å². The first-order valence-electron chi connectivity index (χ1n) is 31.7. The lowest BCUT2D eigenvalue weighted by Crippen LogP contribution is -2.28. The molecule has 0 spiro atoms. The molecular formula is C71H118O5. The van der Waals surface area contributed by atoms with Crippen molar-refractivity contribution in [1.29, 1.82) is 0 Å². The highest BCUT2D eigenvalue weighted by atomic mass is 16.6. The van der Waals surface area contributed by atoms with Crippen molar-refractivity contribution in [2.75, 3.05) is 13.2 Å². The molecule has 0 saturated heterocycles. The number of ether oxygens (including phenoxy) is 2. The van der Waals surface area contributed by atoms with Crippen molar-refractivity contribution < 1.29 is 24.2 Å². The summed E-state index contributed by atoms with van der Waals surface area (Å²) in [6.07, 6.45) is 97.3. The van der Waals surface area contributed by atoms with Crippen LogP contribution in [0.1, 0.15) is 284 Å². The van der Waals surface area contributed by atoms with Crippen LogP contribution in [0.5, 0.6) is 0 Å². The van der Waals surface area contributed by atoms with Crippen LogP contribution in [-0.4, -0.2) is 36.4 Å². The first-order chi connectivity index (χ1) is 37.6. The molecule has 0 aliphatic rings. The lowest BCUT2D eigenvalue weighted by atomic mass is 10.0. The quantitative estimate of drug-likeness (QED) is 0.0373. The zero-order valence-electron chi connectivity index (χ0n) is 49.5. The highest BCUT2D eigenvalue weighted by Gasteiger charge is 2.16. The fourth-order valence-corrected chi connectivity index (χ4v) is 8.76. The van der Waals surface area contributed by atoms with E-state index in [1.807, 2.05) is 0 Å². The molecule has 0 aliphatic carbocycles. The molecule has 0 aromatic rings. The van der Waals surface area contributed by atoms with E-state index in [4.69, 9.17) is 9.47 Å². The second-order valence-corrected chi connectivity index (χ2v) is 20.7. The minimum Gasteiger partial charge on any atom is -0.462 e. The number of esters is 2. The maximum atomic E-state index is 12.3. The highest BCUT2D eigenvalue weighted by molar-refractivity contribution is 5.70. The van der Waals surface area contributed by atoms with Gasteiger partial charge in [0.1, 0.15) is 6.61 Å². The van der Waals surface area contributed by atoms with Crippen LogP contribution in [0, 0.1) is 0 Å². The van der Waals surface area contributed by atoms with Crippen LogP contribution >= 0.6 is 0 Å². The summed E-state index contributed by atoms with van der Waals surface area (Å²) in [5, 5.41) is 9.69. The lowest BCUT2D eigenvalue weighted by Gasteiger charge is -2.15. The van der Waals surface area contributed by atoms with Crippen LogP contribution in [0.25, 0.3) is 0 Å². The molecule has 0 heterocycles. The minimum atomic E-state index is -0.783. The van der Waals surface area contributed by atoms with Gasteiger partial charge in [0.25, 0.3) is 0 Å². The van der Waals surface area contributed by atoms with Gasteiger partial charge >= 0.3 is 11.9 Å². The van der Waals surface area contributed by atoms with Gasteiger partial charge in [-0.05, 0) is 109 Å². The van der Waals surface area contributed by atoms with Gasteiger partial charge in [0, 0.05) is 12.8 Å². The molecule has 0 bridgehead atoms. The number of hydrogen-bond acceptors (Lipinski definition) is 5. The fourth-order valence-electron chi connectivity index (χ4n) is 8.76. The Morgan fingerprint density at radius 1 is 0.303 bits per heavy atom. The summed E-state index contributed by atoms with van der Waals surface area (Å²) in [7, 11) is 0. The third-order valence-corrected chi connectivity index (χ3v) is 13.4. The SMILES string of the molecule is CC/C=C\C/C=C\C/C=C\C/C=C\C/C=C\C/C=C\CCCCCCCCCCCCC(=O)OC(CO)COC(=O)CCCCCCCCCCCCCCCCCCC/C=C\C/C=C\C/C=C\C/C=C\C/C=C\CC. The molecule has 1 N–H and O–H groups in total. The maximum absolute atomic E-state index is 12.3. The molecule has 0 aromatic carbocycles. The number of carbonyl (C=O) groups excluding carboxylic acids is 2. The first-order valence-corrected chi connectivity index (χ1v) is 31.7. The smallest absolute Gasteiger partial charge is 0.306 e. The summed E-state index contributed by atoms with van der Waals surface area (Å²) >= 11 is 0. The van der Waals surface area contributed by atoms with E-state index in [2.05, 4.69) is 148 Å². The zero-order chi connectivity index (χ0) is 54.8. The number of carbonyl (C=O) groups is 2. The van der Waals surface area contributed by atoms with Gasteiger partial charge in [-0.2, -0.15) is 0 Å². The molecule has 5 nitrogen and oxygen atoms in total. The van der Waals surface area contributed by atoms with Crippen LogP contribution in [-0.2, 0) is 19.1 Å². The number of aliphatic hydroxyl groups excluding tert-OH is 1. The molecule has 76 heavy (non-hydrogen) atoms. The van der Waals surface area contributed by atoms with Gasteiger partial charge < -0.3 is 14.6 Å². The lowest BCUT2D eigenvalue weighted by molar-refractivity contribution is -0.161. The maximum Gasteiger partial charge on any atom is 0.306 e. The minimum absolute atomic E-state index is 0.0724. The van der Waals surface area contributed by atoms with Crippen LogP contribution in [0.2, 0.25) is 0 Å². The molecule has 432 valence electrons. The van der Waals surface area contributed by atoms with Gasteiger partial charge in [-0.3, -0.25) is 9.59 Å². The van der Waals surface area contributed by atoms with Crippen molar-refractivity contribution >= 4 is 11.9 Å². The molecule has 0 amide bonds. The van der Waals surface area contributed by atoms with Crippen molar-refractivity contribution in [1.82, 2.24) is 0 Å². The van der Waals surface area contributed by atoms with E-state index in [-0.39, 0.29) is 25.2 Å². The summed E-state index contributed by atoms with van der Waals surface area (Å²) in [6, 6.07) is 0. The van der Waals surface area contributed by atoms with E-state index in [0.29, 0.717) is 12.8 Å². The molecule has 0 saturated carbocycles. The predicted molar refractivity (Wildman–Crippen MR) is 334 cm³/mol. The number of aliphatic hydroxyl groups is 1. The molecule has 0 radical (unpaired) electrons. The van der Waals surface area contributed by atoms with Crippen LogP contribution < -0.4 is 0 Å². The third-order valence-electron chi connectivity index (χ3n) is 13.4. The molecule has 0 fully saturated rings. The Bertz CT molecular complexity index is 1570. The molecule has 5 heteroatoms. The van der Waals surface area contributed by atoms with Crippen molar-refractivity contribution in [3.05, 3.63) is 134 Å². The second kappa shape index (κ2) is 65.3. The van der Waals surface area contributed by atoms with Crippen molar-refractivity contribution in [3.63, 3.8) is 0 Å². The normalized spacial score (nSPS) is 13.1.